The Labute approximate surface area is 109 Å². The van der Waals surface area contributed by atoms with Gasteiger partial charge in [-0.25, -0.2) is 4.21 Å². The van der Waals surface area contributed by atoms with Crippen LogP contribution >= 0.6 is 12.6 Å². The van der Waals surface area contributed by atoms with Gasteiger partial charge in [-0.2, -0.15) is 12.6 Å². The van der Waals surface area contributed by atoms with E-state index in [-0.39, 0.29) is 6.04 Å². The van der Waals surface area contributed by atoms with Crippen LogP contribution in [-0.2, 0) is 17.7 Å². The van der Waals surface area contributed by atoms with E-state index in [0.29, 0.717) is 23.6 Å². The number of methoxy groups -OCH3 is 1. The van der Waals surface area contributed by atoms with Crippen LogP contribution in [0.3, 0.4) is 0 Å². The molecule has 0 heterocycles. The van der Waals surface area contributed by atoms with Gasteiger partial charge in [0.15, 0.2) is 0 Å². The van der Waals surface area contributed by atoms with E-state index in [0.717, 1.165) is 5.56 Å². The zero-order valence-corrected chi connectivity index (χ0v) is 11.1. The molecule has 0 amide bonds. The fraction of sp³-hybridized carbons (Fsp3) is 0.400. The summed E-state index contributed by atoms with van der Waals surface area (Å²) in [6, 6.07) is 5.30. The first-order chi connectivity index (χ1) is 8.06. The second-order valence-electron chi connectivity index (χ2n) is 3.53. The van der Waals surface area contributed by atoms with E-state index < -0.39 is 11.3 Å². The SMILES string of the molecule is COc1ccc(C[C@H](N)CS)cc1NS(=O)O. The summed E-state index contributed by atoms with van der Waals surface area (Å²) < 4.78 is 27.0. The lowest BCUT2D eigenvalue weighted by Crippen LogP contribution is -2.24. The maximum atomic E-state index is 10.7. The monoisotopic (exact) mass is 276 g/mol. The Balaban J connectivity index is 2.91. The Morgan fingerprint density at radius 2 is 2.35 bits per heavy atom. The molecule has 96 valence electrons. The Hall–Kier alpha value is -0.760. The molecule has 2 atom stereocenters. The van der Waals surface area contributed by atoms with Gasteiger partial charge in [0, 0.05) is 11.8 Å². The zero-order chi connectivity index (χ0) is 12.8. The standard InChI is InChI=1S/C10H16N2O3S2/c1-15-10-3-2-7(4-8(11)6-16)5-9(10)12-17(13)14/h2-3,5,8,12,16H,4,6,11H2,1H3,(H,13,14)/t8-/m0/s1. The number of ether oxygens (including phenoxy) is 1. The molecule has 5 nitrogen and oxygen atoms in total. The number of anilines is 1. The molecule has 0 fully saturated rings. The van der Waals surface area contributed by atoms with E-state index in [4.69, 9.17) is 15.0 Å². The molecule has 0 aliphatic carbocycles. The summed E-state index contributed by atoms with van der Waals surface area (Å²) in [7, 11) is 1.50. The molecule has 0 aliphatic rings. The van der Waals surface area contributed by atoms with Crippen molar-refractivity contribution in [3.8, 4) is 5.75 Å². The van der Waals surface area contributed by atoms with E-state index in [1.807, 2.05) is 6.07 Å². The highest BCUT2D eigenvalue weighted by Gasteiger charge is 2.08. The van der Waals surface area contributed by atoms with Gasteiger partial charge in [0.05, 0.1) is 12.8 Å². The van der Waals surface area contributed by atoms with Gasteiger partial charge in [0.1, 0.15) is 5.75 Å². The molecule has 7 heteroatoms. The van der Waals surface area contributed by atoms with E-state index in [2.05, 4.69) is 17.4 Å². The van der Waals surface area contributed by atoms with Crippen molar-refractivity contribution in [3.63, 3.8) is 0 Å². The van der Waals surface area contributed by atoms with Crippen LogP contribution in [0.25, 0.3) is 0 Å². The van der Waals surface area contributed by atoms with E-state index in [1.54, 1.807) is 12.1 Å². The largest absolute Gasteiger partial charge is 0.495 e. The van der Waals surface area contributed by atoms with Gasteiger partial charge < -0.3 is 10.5 Å². The molecule has 0 aromatic heterocycles. The second kappa shape index (κ2) is 6.85. The molecule has 0 saturated heterocycles. The maximum Gasteiger partial charge on any atom is 0.259 e. The fourth-order valence-corrected chi connectivity index (χ4v) is 1.90. The van der Waals surface area contributed by atoms with E-state index in [9.17, 15) is 4.21 Å². The number of thiol groups is 1. The molecule has 0 radical (unpaired) electrons. The summed E-state index contributed by atoms with van der Waals surface area (Å²) in [5, 5.41) is 0. The lowest BCUT2D eigenvalue weighted by molar-refractivity contribution is 0.416. The third-order valence-electron chi connectivity index (χ3n) is 2.19. The van der Waals surface area contributed by atoms with Crippen molar-refractivity contribution >= 4 is 29.6 Å². The van der Waals surface area contributed by atoms with Crippen molar-refractivity contribution in [1.29, 1.82) is 0 Å². The summed E-state index contributed by atoms with van der Waals surface area (Å²) >= 11 is 1.98. The Morgan fingerprint density at radius 1 is 1.65 bits per heavy atom. The second-order valence-corrected chi connectivity index (χ2v) is 4.60. The molecule has 1 aromatic carbocycles. The molecule has 0 aliphatic heterocycles. The summed E-state index contributed by atoms with van der Waals surface area (Å²) in [4.78, 5) is 0. The van der Waals surface area contributed by atoms with Crippen LogP contribution in [0.2, 0.25) is 0 Å². The van der Waals surface area contributed by atoms with Crippen molar-refractivity contribution in [2.75, 3.05) is 17.6 Å². The minimum absolute atomic E-state index is 0.0424. The van der Waals surface area contributed by atoms with Gasteiger partial charge >= 0.3 is 0 Å². The number of nitrogens with two attached hydrogens (primary N) is 1. The highest BCUT2D eigenvalue weighted by molar-refractivity contribution is 7.80. The van der Waals surface area contributed by atoms with Crippen LogP contribution in [0.15, 0.2) is 18.2 Å². The van der Waals surface area contributed by atoms with E-state index in [1.165, 1.54) is 7.11 Å². The van der Waals surface area contributed by atoms with Crippen molar-refractivity contribution in [2.45, 2.75) is 12.5 Å². The molecular weight excluding hydrogens is 260 g/mol. The smallest absolute Gasteiger partial charge is 0.259 e. The Morgan fingerprint density at radius 3 is 2.88 bits per heavy atom. The van der Waals surface area contributed by atoms with Crippen LogP contribution < -0.4 is 15.2 Å². The molecular formula is C10H16N2O3S2. The number of hydrogen-bond acceptors (Lipinski definition) is 4. The predicted octanol–water partition coefficient (Wildman–Crippen LogP) is 1.04. The Kier molecular flexibility index (Phi) is 5.76. The van der Waals surface area contributed by atoms with Crippen LogP contribution in [-0.4, -0.2) is 27.7 Å². The normalized spacial score (nSPS) is 14.1. The van der Waals surface area contributed by atoms with Crippen LogP contribution in [0.1, 0.15) is 5.56 Å². The molecule has 4 N–H and O–H groups in total. The predicted molar refractivity (Wildman–Crippen MR) is 72.9 cm³/mol. The van der Waals surface area contributed by atoms with Crippen molar-refractivity contribution in [2.24, 2.45) is 5.73 Å². The Bertz CT molecular complexity index is 401. The van der Waals surface area contributed by atoms with Crippen molar-refractivity contribution < 1.29 is 13.5 Å². The minimum Gasteiger partial charge on any atom is -0.495 e. The molecule has 17 heavy (non-hydrogen) atoms. The summed E-state index contributed by atoms with van der Waals surface area (Å²) in [5.41, 5.74) is 7.22. The zero-order valence-electron chi connectivity index (χ0n) is 9.42. The lowest BCUT2D eigenvalue weighted by Gasteiger charge is -2.12. The topological polar surface area (TPSA) is 84.6 Å². The van der Waals surface area contributed by atoms with Gasteiger partial charge in [-0.15, -0.1) is 0 Å². The summed E-state index contributed by atoms with van der Waals surface area (Å²) in [6.07, 6.45) is 0.653. The lowest BCUT2D eigenvalue weighted by atomic mass is 10.1. The first-order valence-electron chi connectivity index (χ1n) is 4.97. The molecule has 0 bridgehead atoms. The summed E-state index contributed by atoms with van der Waals surface area (Å²) in [5.74, 6) is 1.09. The van der Waals surface area contributed by atoms with E-state index >= 15 is 0 Å². The quantitative estimate of drug-likeness (QED) is 0.462. The van der Waals surface area contributed by atoms with Crippen molar-refractivity contribution in [1.82, 2.24) is 0 Å². The molecule has 1 rings (SSSR count). The first kappa shape index (κ1) is 14.3. The number of nitrogens with one attached hydrogen (secondary N) is 1. The molecule has 0 saturated carbocycles. The average molecular weight is 276 g/mol. The third kappa shape index (κ3) is 4.55. The van der Waals surface area contributed by atoms with Gasteiger partial charge in [0.25, 0.3) is 11.3 Å². The highest BCUT2D eigenvalue weighted by Crippen LogP contribution is 2.26. The van der Waals surface area contributed by atoms with Gasteiger partial charge in [-0.3, -0.25) is 9.27 Å². The first-order valence-corrected chi connectivity index (χ1v) is 6.71. The molecule has 0 spiro atoms. The van der Waals surface area contributed by atoms with Crippen LogP contribution in [0, 0.1) is 0 Å². The number of rotatable bonds is 6. The van der Waals surface area contributed by atoms with Gasteiger partial charge in [-0.1, -0.05) is 6.07 Å². The van der Waals surface area contributed by atoms with Crippen molar-refractivity contribution in [3.05, 3.63) is 23.8 Å². The van der Waals surface area contributed by atoms with Crippen LogP contribution in [0.4, 0.5) is 5.69 Å². The number of benzene rings is 1. The highest BCUT2D eigenvalue weighted by atomic mass is 32.2. The molecule has 1 aromatic rings. The van der Waals surface area contributed by atoms with Gasteiger partial charge in [-0.05, 0) is 24.1 Å². The minimum atomic E-state index is -2.13. The third-order valence-corrected chi connectivity index (χ3v) is 3.06. The van der Waals surface area contributed by atoms with Gasteiger partial charge in [0.2, 0.25) is 0 Å². The van der Waals surface area contributed by atoms with Crippen LogP contribution in [0.5, 0.6) is 5.75 Å². The summed E-state index contributed by atoms with van der Waals surface area (Å²) in [6.45, 7) is 0. The average Bonchev–Trinajstić information content (AvgIpc) is 2.28. The number of hydrogen-bond donors (Lipinski definition) is 4. The molecule has 1 unspecified atom stereocenters. The fourth-order valence-electron chi connectivity index (χ4n) is 1.42. The maximum absolute atomic E-state index is 10.7.